The summed E-state index contributed by atoms with van der Waals surface area (Å²) < 4.78 is 0. The zero-order chi connectivity index (χ0) is 5.70. The summed E-state index contributed by atoms with van der Waals surface area (Å²) in [6.07, 6.45) is 1.83. The van der Waals surface area contributed by atoms with Crippen LogP contribution in [0.2, 0.25) is 0 Å². The summed E-state index contributed by atoms with van der Waals surface area (Å²) in [5.41, 5.74) is 0.861. The highest BCUT2D eigenvalue weighted by atomic mass is 16.3. The Balaban J connectivity index is 3.38. The molecule has 0 bridgehead atoms. The lowest BCUT2D eigenvalue weighted by Crippen LogP contribution is -2.08. The molecule has 2 N–H and O–H groups in total. The number of hydrogen-bond donors (Lipinski definition) is 2. The van der Waals surface area contributed by atoms with Gasteiger partial charge in [0.25, 0.3) is 0 Å². The first-order chi connectivity index (χ1) is 3.35. The largest absolute Gasteiger partial charge is 0.390 e. The van der Waals surface area contributed by atoms with Gasteiger partial charge in [-0.25, -0.2) is 0 Å². The zero-order valence-corrected chi connectivity index (χ0v) is 4.73. The topological polar surface area (TPSA) is 32.3 Å². The van der Waals surface area contributed by atoms with Crippen molar-refractivity contribution in [3.63, 3.8) is 0 Å². The summed E-state index contributed by atoms with van der Waals surface area (Å²) in [4.78, 5) is 0. The smallest absolute Gasteiger partial charge is 0.0824 e. The third kappa shape index (κ3) is 2.23. The van der Waals surface area contributed by atoms with Crippen LogP contribution in [-0.2, 0) is 0 Å². The van der Waals surface area contributed by atoms with E-state index in [1.54, 1.807) is 7.05 Å². The van der Waals surface area contributed by atoms with Crippen molar-refractivity contribution >= 4 is 0 Å². The molecule has 0 rings (SSSR count). The molecule has 0 saturated heterocycles. The maximum absolute atomic E-state index is 8.40. The molecule has 0 aromatic rings. The van der Waals surface area contributed by atoms with Crippen molar-refractivity contribution in [2.24, 2.45) is 0 Å². The van der Waals surface area contributed by atoms with Gasteiger partial charge < -0.3 is 10.4 Å². The van der Waals surface area contributed by atoms with Crippen molar-refractivity contribution in [1.82, 2.24) is 5.32 Å². The third-order valence-corrected chi connectivity index (χ3v) is 0.840. The number of rotatable bonds is 2. The maximum atomic E-state index is 8.40. The van der Waals surface area contributed by atoms with Crippen LogP contribution in [0.25, 0.3) is 0 Å². The molecule has 0 aromatic heterocycles. The van der Waals surface area contributed by atoms with Crippen LogP contribution < -0.4 is 5.32 Å². The van der Waals surface area contributed by atoms with E-state index in [1.807, 2.05) is 13.0 Å². The van der Waals surface area contributed by atoms with Gasteiger partial charge in [-0.3, -0.25) is 0 Å². The van der Waals surface area contributed by atoms with Gasteiger partial charge in [0.1, 0.15) is 0 Å². The van der Waals surface area contributed by atoms with Gasteiger partial charge in [0, 0.05) is 12.7 Å². The van der Waals surface area contributed by atoms with Gasteiger partial charge in [-0.2, -0.15) is 0 Å². The molecule has 0 aliphatic rings. The molecule has 0 amide bonds. The molecule has 0 unspecified atom stereocenters. The Morgan fingerprint density at radius 2 is 2.43 bits per heavy atom. The lowest BCUT2D eigenvalue weighted by Gasteiger charge is -1.97. The van der Waals surface area contributed by atoms with E-state index >= 15 is 0 Å². The first-order valence-electron chi connectivity index (χ1n) is 2.29. The maximum Gasteiger partial charge on any atom is 0.0824 e. The number of allylic oxidation sites excluding steroid dienone is 1. The number of hydrogen-bond acceptors (Lipinski definition) is 2. The Morgan fingerprint density at radius 3 is 2.43 bits per heavy atom. The molecular formula is C5H11NO. The predicted octanol–water partition coefficient (Wildman–Crippen LogP) is 0.102. The quantitative estimate of drug-likeness (QED) is 0.517. The Labute approximate surface area is 43.9 Å². The predicted molar refractivity (Wildman–Crippen MR) is 29.9 cm³/mol. The van der Waals surface area contributed by atoms with Crippen molar-refractivity contribution in [1.29, 1.82) is 0 Å². The monoisotopic (exact) mass is 101 g/mol. The van der Waals surface area contributed by atoms with Gasteiger partial charge in [0.2, 0.25) is 0 Å². The highest BCUT2D eigenvalue weighted by molar-refractivity contribution is 4.95. The molecule has 0 aliphatic carbocycles. The molecule has 0 spiro atoms. The van der Waals surface area contributed by atoms with Crippen LogP contribution in [0.1, 0.15) is 6.92 Å². The number of aliphatic hydroxyl groups excluding tert-OH is 1. The van der Waals surface area contributed by atoms with Crippen molar-refractivity contribution in [3.05, 3.63) is 11.8 Å². The van der Waals surface area contributed by atoms with Crippen LogP contribution in [0.3, 0.4) is 0 Å². The van der Waals surface area contributed by atoms with E-state index in [-0.39, 0.29) is 6.61 Å². The molecule has 0 saturated carbocycles. The summed E-state index contributed by atoms with van der Waals surface area (Å²) in [5, 5.41) is 11.2. The van der Waals surface area contributed by atoms with Crippen molar-refractivity contribution in [2.45, 2.75) is 6.92 Å². The van der Waals surface area contributed by atoms with Crippen LogP contribution in [0.15, 0.2) is 11.8 Å². The minimum absolute atomic E-state index is 0.104. The van der Waals surface area contributed by atoms with Gasteiger partial charge in [-0.15, -0.1) is 0 Å². The van der Waals surface area contributed by atoms with Gasteiger partial charge in [0.15, 0.2) is 0 Å². The lowest BCUT2D eigenvalue weighted by molar-refractivity contribution is 0.323. The Bertz CT molecular complexity index is 62.5. The summed E-state index contributed by atoms with van der Waals surface area (Å²) in [7, 11) is 1.78. The Kier molecular flexibility index (Phi) is 3.42. The van der Waals surface area contributed by atoms with Gasteiger partial charge in [0.05, 0.1) is 6.61 Å². The normalized spacial score (nSPS) is 11.6. The number of aliphatic hydroxyl groups is 1. The molecule has 42 valence electrons. The van der Waals surface area contributed by atoms with Gasteiger partial charge in [-0.05, 0) is 6.92 Å². The average Bonchev–Trinajstić information content (AvgIpc) is 1.72. The van der Waals surface area contributed by atoms with E-state index in [9.17, 15) is 0 Å². The second-order valence-electron chi connectivity index (χ2n) is 1.22. The van der Waals surface area contributed by atoms with Crippen LogP contribution >= 0.6 is 0 Å². The van der Waals surface area contributed by atoms with Crippen LogP contribution in [0.5, 0.6) is 0 Å². The first-order valence-corrected chi connectivity index (χ1v) is 2.29. The molecule has 2 nitrogen and oxygen atoms in total. The fraction of sp³-hybridized carbons (Fsp3) is 0.600. The second-order valence-corrected chi connectivity index (χ2v) is 1.22. The van der Waals surface area contributed by atoms with E-state index in [0.29, 0.717) is 0 Å². The van der Waals surface area contributed by atoms with Gasteiger partial charge in [-0.1, -0.05) is 6.08 Å². The lowest BCUT2D eigenvalue weighted by atomic mass is 10.4. The SMILES string of the molecule is C/C=C(/CO)NC. The van der Waals surface area contributed by atoms with E-state index in [2.05, 4.69) is 5.32 Å². The molecule has 0 aliphatic heterocycles. The van der Waals surface area contributed by atoms with E-state index in [1.165, 1.54) is 0 Å². The van der Waals surface area contributed by atoms with Crippen molar-refractivity contribution < 1.29 is 5.11 Å². The summed E-state index contributed by atoms with van der Waals surface area (Å²) >= 11 is 0. The minimum atomic E-state index is 0.104. The summed E-state index contributed by atoms with van der Waals surface area (Å²) in [5.74, 6) is 0. The summed E-state index contributed by atoms with van der Waals surface area (Å²) in [6, 6.07) is 0. The summed E-state index contributed by atoms with van der Waals surface area (Å²) in [6.45, 7) is 1.98. The highest BCUT2D eigenvalue weighted by Gasteiger charge is 1.81. The number of likely N-dealkylation sites (N-methyl/N-ethyl adjacent to an activating group) is 1. The van der Waals surface area contributed by atoms with Crippen LogP contribution in [0.4, 0.5) is 0 Å². The molecule has 0 heterocycles. The fourth-order valence-corrected chi connectivity index (χ4v) is 0.315. The zero-order valence-electron chi connectivity index (χ0n) is 4.73. The van der Waals surface area contributed by atoms with E-state index in [4.69, 9.17) is 5.11 Å². The fourth-order valence-electron chi connectivity index (χ4n) is 0.315. The Hall–Kier alpha value is -0.500. The Morgan fingerprint density at radius 1 is 1.86 bits per heavy atom. The minimum Gasteiger partial charge on any atom is -0.390 e. The van der Waals surface area contributed by atoms with Crippen LogP contribution in [-0.4, -0.2) is 18.8 Å². The molecular weight excluding hydrogens is 90.1 g/mol. The average molecular weight is 101 g/mol. The van der Waals surface area contributed by atoms with Crippen molar-refractivity contribution in [2.75, 3.05) is 13.7 Å². The number of nitrogens with one attached hydrogen (secondary N) is 1. The van der Waals surface area contributed by atoms with Gasteiger partial charge >= 0.3 is 0 Å². The standard InChI is InChI=1S/C5H11NO/c1-3-5(4-7)6-2/h3,6-7H,4H2,1-2H3/b5-3-. The molecule has 0 fully saturated rings. The second kappa shape index (κ2) is 3.68. The van der Waals surface area contributed by atoms with Crippen molar-refractivity contribution in [3.8, 4) is 0 Å². The van der Waals surface area contributed by atoms with E-state index < -0.39 is 0 Å². The molecule has 0 radical (unpaired) electrons. The third-order valence-electron chi connectivity index (χ3n) is 0.840. The molecule has 2 heteroatoms. The molecule has 7 heavy (non-hydrogen) atoms. The first kappa shape index (κ1) is 6.50. The molecule has 0 atom stereocenters. The molecule has 0 aromatic carbocycles. The van der Waals surface area contributed by atoms with E-state index in [0.717, 1.165) is 5.70 Å². The highest BCUT2D eigenvalue weighted by Crippen LogP contribution is 1.80. The van der Waals surface area contributed by atoms with Crippen LogP contribution in [0, 0.1) is 0 Å².